The first-order valence-corrected chi connectivity index (χ1v) is 4.09. The van der Waals surface area contributed by atoms with Gasteiger partial charge in [-0.25, -0.2) is 0 Å². The Morgan fingerprint density at radius 2 is 1.92 bits per heavy atom. The number of carbonyl (C=O) groups is 1. The van der Waals surface area contributed by atoms with E-state index < -0.39 is 18.5 Å². The average Bonchev–Trinajstić information content (AvgIpc) is 2.18. The number of aliphatic hydroxyl groups excluding tert-OH is 2. The zero-order chi connectivity index (χ0) is 9.68. The van der Waals surface area contributed by atoms with Crippen molar-refractivity contribution in [3.8, 4) is 0 Å². The van der Waals surface area contributed by atoms with Gasteiger partial charge in [-0.15, -0.1) is 0 Å². The third-order valence-electron chi connectivity index (χ3n) is 1.80. The second kappa shape index (κ2) is 4.74. The minimum Gasteiger partial charge on any atom is -0.388 e. The standard InChI is InChI=1S/C10H12O3/c11-7-10(13)9(12)6-8-4-2-1-3-5-8/h1-5,9,11-12H,6-7H2/t9-/m1/s1. The van der Waals surface area contributed by atoms with Crippen LogP contribution in [0.5, 0.6) is 0 Å². The molecule has 13 heavy (non-hydrogen) atoms. The highest BCUT2D eigenvalue weighted by Crippen LogP contribution is 2.03. The van der Waals surface area contributed by atoms with Gasteiger partial charge in [-0.3, -0.25) is 4.79 Å². The van der Waals surface area contributed by atoms with Crippen LogP contribution >= 0.6 is 0 Å². The molecule has 0 radical (unpaired) electrons. The van der Waals surface area contributed by atoms with Crippen LogP contribution in [0.25, 0.3) is 0 Å². The molecule has 3 heteroatoms. The zero-order valence-electron chi connectivity index (χ0n) is 7.18. The summed E-state index contributed by atoms with van der Waals surface area (Å²) in [4.78, 5) is 10.8. The number of ketones is 1. The summed E-state index contributed by atoms with van der Waals surface area (Å²) < 4.78 is 0. The van der Waals surface area contributed by atoms with Gasteiger partial charge in [0.15, 0.2) is 5.78 Å². The highest BCUT2D eigenvalue weighted by atomic mass is 16.3. The minimum atomic E-state index is -1.09. The second-order valence-corrected chi connectivity index (χ2v) is 2.83. The third kappa shape index (κ3) is 2.97. The molecule has 0 unspecified atom stereocenters. The van der Waals surface area contributed by atoms with Crippen LogP contribution in [0.15, 0.2) is 30.3 Å². The fraction of sp³-hybridized carbons (Fsp3) is 0.300. The Balaban J connectivity index is 2.55. The quantitative estimate of drug-likeness (QED) is 0.693. The molecule has 0 bridgehead atoms. The molecule has 0 saturated heterocycles. The van der Waals surface area contributed by atoms with E-state index >= 15 is 0 Å². The average molecular weight is 180 g/mol. The number of rotatable bonds is 4. The van der Waals surface area contributed by atoms with Gasteiger partial charge >= 0.3 is 0 Å². The summed E-state index contributed by atoms with van der Waals surface area (Å²) >= 11 is 0. The molecule has 0 aliphatic heterocycles. The first-order valence-electron chi connectivity index (χ1n) is 4.09. The Morgan fingerprint density at radius 1 is 1.31 bits per heavy atom. The van der Waals surface area contributed by atoms with E-state index in [1.54, 1.807) is 0 Å². The van der Waals surface area contributed by atoms with Gasteiger partial charge in [-0.2, -0.15) is 0 Å². The molecule has 0 aliphatic rings. The van der Waals surface area contributed by atoms with E-state index in [4.69, 9.17) is 5.11 Å². The molecule has 2 N–H and O–H groups in total. The first kappa shape index (κ1) is 9.89. The lowest BCUT2D eigenvalue weighted by atomic mass is 10.1. The molecule has 0 aliphatic carbocycles. The number of hydrogen-bond donors (Lipinski definition) is 2. The van der Waals surface area contributed by atoms with Gasteiger partial charge in [-0.05, 0) is 5.56 Å². The van der Waals surface area contributed by atoms with Crippen molar-refractivity contribution < 1.29 is 15.0 Å². The monoisotopic (exact) mass is 180 g/mol. The molecule has 1 aromatic carbocycles. The molecule has 0 spiro atoms. The van der Waals surface area contributed by atoms with E-state index in [0.717, 1.165) is 5.56 Å². The Labute approximate surface area is 76.6 Å². The number of Topliss-reactive ketones (excluding diaryl/α,β-unsaturated/α-hetero) is 1. The van der Waals surface area contributed by atoms with Gasteiger partial charge < -0.3 is 10.2 Å². The van der Waals surface area contributed by atoms with Crippen molar-refractivity contribution in [2.75, 3.05) is 6.61 Å². The largest absolute Gasteiger partial charge is 0.388 e. The van der Waals surface area contributed by atoms with E-state index in [1.807, 2.05) is 30.3 Å². The van der Waals surface area contributed by atoms with E-state index in [2.05, 4.69) is 0 Å². The Bertz CT molecular complexity index is 269. The molecule has 70 valence electrons. The Morgan fingerprint density at radius 3 is 2.46 bits per heavy atom. The Kier molecular flexibility index (Phi) is 3.61. The summed E-state index contributed by atoms with van der Waals surface area (Å²) in [7, 11) is 0. The molecular formula is C10H12O3. The van der Waals surface area contributed by atoms with Crippen LogP contribution in [-0.4, -0.2) is 28.7 Å². The number of aliphatic hydroxyl groups is 2. The van der Waals surface area contributed by atoms with Crippen molar-refractivity contribution in [2.24, 2.45) is 0 Å². The summed E-state index contributed by atoms with van der Waals surface area (Å²) in [5.74, 6) is -0.538. The molecule has 1 aromatic rings. The molecule has 0 fully saturated rings. The second-order valence-electron chi connectivity index (χ2n) is 2.83. The summed E-state index contributed by atoms with van der Waals surface area (Å²) in [5, 5.41) is 17.7. The lowest BCUT2D eigenvalue weighted by Gasteiger charge is -2.06. The molecule has 0 saturated carbocycles. The van der Waals surface area contributed by atoms with Crippen LogP contribution in [0.2, 0.25) is 0 Å². The minimum absolute atomic E-state index is 0.264. The number of hydrogen-bond acceptors (Lipinski definition) is 3. The molecule has 0 heterocycles. The molecule has 3 nitrogen and oxygen atoms in total. The molecule has 0 aromatic heterocycles. The van der Waals surface area contributed by atoms with Crippen molar-refractivity contribution in [1.82, 2.24) is 0 Å². The van der Waals surface area contributed by atoms with Gasteiger partial charge in [0.2, 0.25) is 0 Å². The lowest BCUT2D eigenvalue weighted by Crippen LogP contribution is -2.25. The van der Waals surface area contributed by atoms with E-state index in [0.29, 0.717) is 0 Å². The van der Waals surface area contributed by atoms with Crippen LogP contribution in [0.4, 0.5) is 0 Å². The fourth-order valence-corrected chi connectivity index (χ4v) is 1.06. The highest BCUT2D eigenvalue weighted by Gasteiger charge is 2.13. The van der Waals surface area contributed by atoms with Crippen molar-refractivity contribution in [1.29, 1.82) is 0 Å². The van der Waals surface area contributed by atoms with E-state index in [-0.39, 0.29) is 6.42 Å². The van der Waals surface area contributed by atoms with Crippen LogP contribution in [0.3, 0.4) is 0 Å². The van der Waals surface area contributed by atoms with Gasteiger partial charge in [0, 0.05) is 6.42 Å². The SMILES string of the molecule is O=C(CO)[C@H](O)Cc1ccccc1. The topological polar surface area (TPSA) is 57.5 Å². The fourth-order valence-electron chi connectivity index (χ4n) is 1.06. The van der Waals surface area contributed by atoms with Crippen molar-refractivity contribution >= 4 is 5.78 Å². The summed E-state index contributed by atoms with van der Waals surface area (Å²) in [6.45, 7) is -0.603. The molecule has 1 rings (SSSR count). The normalized spacial score (nSPS) is 12.5. The van der Waals surface area contributed by atoms with Gasteiger partial charge in [0.1, 0.15) is 12.7 Å². The summed E-state index contributed by atoms with van der Waals surface area (Å²) in [5.41, 5.74) is 0.886. The van der Waals surface area contributed by atoms with E-state index in [9.17, 15) is 9.90 Å². The Hall–Kier alpha value is -1.19. The molecule has 0 amide bonds. The summed E-state index contributed by atoms with van der Waals surface area (Å²) in [6.07, 6.45) is -0.826. The van der Waals surface area contributed by atoms with Crippen molar-refractivity contribution in [3.05, 3.63) is 35.9 Å². The maximum atomic E-state index is 10.8. The summed E-state index contributed by atoms with van der Waals surface area (Å²) in [6, 6.07) is 9.20. The van der Waals surface area contributed by atoms with Crippen LogP contribution in [0.1, 0.15) is 5.56 Å². The smallest absolute Gasteiger partial charge is 0.186 e. The van der Waals surface area contributed by atoms with Gasteiger partial charge in [0.05, 0.1) is 0 Å². The highest BCUT2D eigenvalue weighted by molar-refractivity contribution is 5.84. The maximum absolute atomic E-state index is 10.8. The van der Waals surface area contributed by atoms with Gasteiger partial charge in [-0.1, -0.05) is 30.3 Å². The lowest BCUT2D eigenvalue weighted by molar-refractivity contribution is -0.129. The predicted octanol–water partition coefficient (Wildman–Crippen LogP) is 0.151. The van der Waals surface area contributed by atoms with Crippen LogP contribution in [-0.2, 0) is 11.2 Å². The first-order chi connectivity index (χ1) is 6.24. The molecular weight excluding hydrogens is 168 g/mol. The number of benzene rings is 1. The van der Waals surface area contributed by atoms with Crippen molar-refractivity contribution in [2.45, 2.75) is 12.5 Å². The third-order valence-corrected chi connectivity index (χ3v) is 1.80. The van der Waals surface area contributed by atoms with Gasteiger partial charge in [0.25, 0.3) is 0 Å². The van der Waals surface area contributed by atoms with Crippen molar-refractivity contribution in [3.63, 3.8) is 0 Å². The van der Waals surface area contributed by atoms with Crippen LogP contribution < -0.4 is 0 Å². The molecule has 1 atom stereocenters. The van der Waals surface area contributed by atoms with Crippen LogP contribution in [0, 0.1) is 0 Å². The predicted molar refractivity (Wildman–Crippen MR) is 48.2 cm³/mol. The zero-order valence-corrected chi connectivity index (χ0v) is 7.18. The van der Waals surface area contributed by atoms with E-state index in [1.165, 1.54) is 0 Å². The number of carbonyl (C=O) groups excluding carboxylic acids is 1. The maximum Gasteiger partial charge on any atom is 0.186 e.